The van der Waals surface area contributed by atoms with Gasteiger partial charge in [0.05, 0.1) is 30.0 Å². The van der Waals surface area contributed by atoms with Crippen molar-refractivity contribution in [3.05, 3.63) is 52.7 Å². The number of para-hydroxylation sites is 1. The summed E-state index contributed by atoms with van der Waals surface area (Å²) in [4.78, 5) is 0. The van der Waals surface area contributed by atoms with E-state index in [1.165, 1.54) is 0 Å². The molecule has 1 aromatic carbocycles. The fourth-order valence-electron chi connectivity index (χ4n) is 4.24. The van der Waals surface area contributed by atoms with Crippen LogP contribution in [-0.2, 0) is 0 Å². The van der Waals surface area contributed by atoms with Crippen LogP contribution >= 0.6 is 0 Å². The molecule has 0 aromatic heterocycles. The van der Waals surface area contributed by atoms with Gasteiger partial charge in [0.2, 0.25) is 0 Å². The standard InChI is InChI=1S/C21H20N4O/c1-2-26-18-10-6-5-9-16(18)19-15-8-4-3-7-14(15)17(11-22)20(25)21(19,12-23)13-24/h5-7,9-10,15,19H,2-4,8,25H2,1H3/t15-,19+/m0/s1. The maximum Gasteiger partial charge on any atom is 0.191 e. The van der Waals surface area contributed by atoms with Crippen LogP contribution in [0.15, 0.2) is 47.2 Å². The van der Waals surface area contributed by atoms with Gasteiger partial charge in [0.15, 0.2) is 5.41 Å². The third-order valence-electron chi connectivity index (χ3n) is 5.35. The number of nitrogens with two attached hydrogens (primary N) is 1. The lowest BCUT2D eigenvalue weighted by Gasteiger charge is -2.43. The fourth-order valence-corrected chi connectivity index (χ4v) is 4.24. The minimum atomic E-state index is -1.59. The molecular formula is C21H20N4O. The van der Waals surface area contributed by atoms with Gasteiger partial charge in [-0.25, -0.2) is 0 Å². The van der Waals surface area contributed by atoms with Crippen LogP contribution in [0.1, 0.15) is 37.7 Å². The number of nitrogens with zero attached hydrogens (tertiary/aromatic N) is 3. The molecule has 26 heavy (non-hydrogen) atoms. The summed E-state index contributed by atoms with van der Waals surface area (Å²) in [6.45, 7) is 2.38. The summed E-state index contributed by atoms with van der Waals surface area (Å²) in [5.74, 6) is 0.0866. The second kappa shape index (κ2) is 6.95. The van der Waals surface area contributed by atoms with E-state index in [-0.39, 0.29) is 11.6 Å². The minimum absolute atomic E-state index is 0.0608. The number of nitriles is 3. The zero-order valence-electron chi connectivity index (χ0n) is 14.7. The zero-order valence-corrected chi connectivity index (χ0v) is 14.7. The van der Waals surface area contributed by atoms with Crippen molar-refractivity contribution in [1.82, 2.24) is 0 Å². The average Bonchev–Trinajstić information content (AvgIpc) is 2.68. The topological polar surface area (TPSA) is 107 Å². The summed E-state index contributed by atoms with van der Waals surface area (Å²) < 4.78 is 5.78. The van der Waals surface area contributed by atoms with E-state index in [1.54, 1.807) is 0 Å². The van der Waals surface area contributed by atoms with Gasteiger partial charge in [-0.05, 0) is 43.7 Å². The van der Waals surface area contributed by atoms with E-state index < -0.39 is 11.3 Å². The highest BCUT2D eigenvalue weighted by molar-refractivity contribution is 5.60. The van der Waals surface area contributed by atoms with Gasteiger partial charge in [-0.15, -0.1) is 0 Å². The highest BCUT2D eigenvalue weighted by Gasteiger charge is 2.54. The monoisotopic (exact) mass is 344 g/mol. The van der Waals surface area contributed by atoms with E-state index in [4.69, 9.17) is 10.5 Å². The van der Waals surface area contributed by atoms with Crippen molar-refractivity contribution in [2.75, 3.05) is 6.61 Å². The summed E-state index contributed by atoms with van der Waals surface area (Å²) in [5.41, 5.74) is 6.72. The molecule has 0 bridgehead atoms. The number of allylic oxidation sites excluding steroid dienone is 4. The molecule has 130 valence electrons. The highest BCUT2D eigenvalue weighted by atomic mass is 16.5. The Morgan fingerprint density at radius 2 is 1.96 bits per heavy atom. The first kappa shape index (κ1) is 17.6. The molecule has 0 spiro atoms. The fraction of sp³-hybridized carbons (Fsp3) is 0.381. The molecule has 0 radical (unpaired) electrons. The van der Waals surface area contributed by atoms with Crippen LogP contribution in [0.25, 0.3) is 0 Å². The number of hydrogen-bond donors (Lipinski definition) is 1. The zero-order chi connectivity index (χ0) is 18.7. The lowest BCUT2D eigenvalue weighted by Crippen LogP contribution is -2.42. The van der Waals surface area contributed by atoms with Crippen molar-refractivity contribution in [3.8, 4) is 24.0 Å². The van der Waals surface area contributed by atoms with Crippen LogP contribution in [-0.4, -0.2) is 6.61 Å². The Bertz CT molecular complexity index is 893. The molecule has 0 unspecified atom stereocenters. The number of benzene rings is 1. The molecule has 3 rings (SSSR count). The van der Waals surface area contributed by atoms with Crippen LogP contribution in [0.3, 0.4) is 0 Å². The van der Waals surface area contributed by atoms with E-state index in [0.717, 1.165) is 30.4 Å². The molecule has 2 N–H and O–H groups in total. The molecule has 0 aliphatic heterocycles. The maximum atomic E-state index is 10.0. The van der Waals surface area contributed by atoms with Gasteiger partial charge in [-0.1, -0.05) is 24.3 Å². The second-order valence-electron chi connectivity index (χ2n) is 6.58. The Morgan fingerprint density at radius 1 is 1.23 bits per heavy atom. The lowest BCUT2D eigenvalue weighted by atomic mass is 9.56. The van der Waals surface area contributed by atoms with Crippen LogP contribution in [0.5, 0.6) is 5.75 Å². The molecule has 1 aromatic rings. The third kappa shape index (κ3) is 2.43. The molecular weight excluding hydrogens is 324 g/mol. The summed E-state index contributed by atoms with van der Waals surface area (Å²) in [6.07, 6.45) is 4.66. The van der Waals surface area contributed by atoms with Crippen molar-refractivity contribution in [2.45, 2.75) is 32.1 Å². The highest BCUT2D eigenvalue weighted by Crippen LogP contribution is 2.57. The molecule has 0 heterocycles. The first-order valence-corrected chi connectivity index (χ1v) is 8.79. The van der Waals surface area contributed by atoms with E-state index in [9.17, 15) is 15.8 Å². The first-order chi connectivity index (χ1) is 12.6. The normalized spacial score (nSPS) is 23.7. The van der Waals surface area contributed by atoms with E-state index >= 15 is 0 Å². The predicted octanol–water partition coefficient (Wildman–Crippen LogP) is 3.68. The lowest BCUT2D eigenvalue weighted by molar-refractivity contribution is 0.291. The SMILES string of the molecule is CCOc1ccccc1[C@H]1[C@H]2CCCC=C2C(C#N)=C(N)C1(C#N)C#N. The Morgan fingerprint density at radius 3 is 2.62 bits per heavy atom. The Balaban J connectivity index is 2.33. The molecule has 0 fully saturated rings. The largest absolute Gasteiger partial charge is 0.494 e. The number of rotatable bonds is 3. The van der Waals surface area contributed by atoms with Crippen LogP contribution in [0, 0.1) is 45.3 Å². The quantitative estimate of drug-likeness (QED) is 0.900. The molecule has 2 atom stereocenters. The number of fused-ring (bicyclic) bond motifs is 1. The second-order valence-corrected chi connectivity index (χ2v) is 6.58. The van der Waals surface area contributed by atoms with Gasteiger partial charge < -0.3 is 10.5 Å². The van der Waals surface area contributed by atoms with Gasteiger partial charge in [0, 0.05) is 11.5 Å². The van der Waals surface area contributed by atoms with Gasteiger partial charge in [0.25, 0.3) is 0 Å². The van der Waals surface area contributed by atoms with Crippen LogP contribution in [0.2, 0.25) is 0 Å². The molecule has 5 heteroatoms. The smallest absolute Gasteiger partial charge is 0.191 e. The molecule has 2 aliphatic carbocycles. The molecule has 0 saturated heterocycles. The van der Waals surface area contributed by atoms with Gasteiger partial charge in [-0.3, -0.25) is 0 Å². The Hall–Kier alpha value is -3.23. The van der Waals surface area contributed by atoms with Gasteiger partial charge in [-0.2, -0.15) is 15.8 Å². The van der Waals surface area contributed by atoms with Crippen molar-refractivity contribution < 1.29 is 4.74 Å². The van der Waals surface area contributed by atoms with Crippen molar-refractivity contribution in [2.24, 2.45) is 17.1 Å². The number of ether oxygens (including phenoxy) is 1. The summed E-state index contributed by atoms with van der Waals surface area (Å²) in [6, 6.07) is 13.9. The van der Waals surface area contributed by atoms with Gasteiger partial charge >= 0.3 is 0 Å². The van der Waals surface area contributed by atoms with Crippen molar-refractivity contribution in [3.63, 3.8) is 0 Å². The number of hydrogen-bond acceptors (Lipinski definition) is 5. The molecule has 0 amide bonds. The molecule has 5 nitrogen and oxygen atoms in total. The molecule has 2 aliphatic rings. The third-order valence-corrected chi connectivity index (χ3v) is 5.35. The summed E-state index contributed by atoms with van der Waals surface area (Å²) in [5, 5.41) is 29.7. The van der Waals surface area contributed by atoms with Crippen molar-refractivity contribution in [1.29, 1.82) is 15.8 Å². The van der Waals surface area contributed by atoms with E-state index in [0.29, 0.717) is 17.9 Å². The molecule has 0 saturated carbocycles. The summed E-state index contributed by atoms with van der Waals surface area (Å²) >= 11 is 0. The average molecular weight is 344 g/mol. The minimum Gasteiger partial charge on any atom is -0.494 e. The van der Waals surface area contributed by atoms with Crippen LogP contribution in [0.4, 0.5) is 0 Å². The Kier molecular flexibility index (Phi) is 4.70. The van der Waals surface area contributed by atoms with E-state index in [1.807, 2.05) is 37.3 Å². The van der Waals surface area contributed by atoms with E-state index in [2.05, 4.69) is 18.2 Å². The van der Waals surface area contributed by atoms with Crippen LogP contribution < -0.4 is 10.5 Å². The summed E-state index contributed by atoms with van der Waals surface area (Å²) in [7, 11) is 0. The maximum absolute atomic E-state index is 10.0. The first-order valence-electron chi connectivity index (χ1n) is 8.79. The Labute approximate surface area is 153 Å². The van der Waals surface area contributed by atoms with Crippen molar-refractivity contribution >= 4 is 0 Å². The van der Waals surface area contributed by atoms with Gasteiger partial charge in [0.1, 0.15) is 11.8 Å². The predicted molar refractivity (Wildman–Crippen MR) is 96.3 cm³/mol.